The van der Waals surface area contributed by atoms with Crippen molar-refractivity contribution in [2.75, 3.05) is 5.73 Å². The van der Waals surface area contributed by atoms with Gasteiger partial charge in [-0.25, -0.2) is 5.10 Å². The van der Waals surface area contributed by atoms with Gasteiger partial charge in [0.05, 0.1) is 6.04 Å². The molecule has 2 rings (SSSR count). The van der Waals surface area contributed by atoms with E-state index in [1.807, 2.05) is 18.4 Å². The van der Waals surface area contributed by atoms with E-state index in [9.17, 15) is 0 Å². The van der Waals surface area contributed by atoms with Crippen LogP contribution >= 0.6 is 23.6 Å². The molecule has 0 saturated carbocycles. The van der Waals surface area contributed by atoms with Crippen LogP contribution in [0.2, 0.25) is 0 Å². The van der Waals surface area contributed by atoms with Gasteiger partial charge in [-0.3, -0.25) is 4.57 Å². The lowest BCUT2D eigenvalue weighted by molar-refractivity contribution is 0.648. The van der Waals surface area contributed by atoms with E-state index in [4.69, 9.17) is 18.0 Å². The third kappa shape index (κ3) is 1.46. The van der Waals surface area contributed by atoms with Crippen LogP contribution in [0.5, 0.6) is 0 Å². The summed E-state index contributed by atoms with van der Waals surface area (Å²) in [4.78, 5) is 1.22. The molecule has 0 amide bonds. The molecule has 0 spiro atoms. The number of nitrogens with one attached hydrogen (secondary N) is 1. The first kappa shape index (κ1) is 9.42. The average molecular weight is 226 g/mol. The summed E-state index contributed by atoms with van der Waals surface area (Å²) in [5.41, 5.74) is 5.71. The summed E-state index contributed by atoms with van der Waals surface area (Å²) in [7, 11) is 0. The summed E-state index contributed by atoms with van der Waals surface area (Å²) < 4.78 is 2.37. The van der Waals surface area contributed by atoms with E-state index in [1.54, 1.807) is 15.9 Å². The Morgan fingerprint density at radius 1 is 1.71 bits per heavy atom. The molecule has 2 aromatic rings. The van der Waals surface area contributed by atoms with Gasteiger partial charge in [0.25, 0.3) is 0 Å². The summed E-state index contributed by atoms with van der Waals surface area (Å²) in [6, 6.07) is 4.21. The molecule has 3 N–H and O–H groups in total. The molecule has 0 radical (unpaired) electrons. The molecule has 0 fully saturated rings. The van der Waals surface area contributed by atoms with Gasteiger partial charge in [0, 0.05) is 4.88 Å². The molecular formula is C8H10N4S2. The van der Waals surface area contributed by atoms with Crippen molar-refractivity contribution < 1.29 is 0 Å². The Morgan fingerprint density at radius 3 is 3.00 bits per heavy atom. The summed E-state index contributed by atoms with van der Waals surface area (Å²) in [6.45, 7) is 2.05. The minimum absolute atomic E-state index is 0.140. The molecule has 0 bridgehead atoms. The summed E-state index contributed by atoms with van der Waals surface area (Å²) >= 11 is 6.77. The summed E-state index contributed by atoms with van der Waals surface area (Å²) in [5.74, 6) is 0.427. The monoisotopic (exact) mass is 226 g/mol. The minimum atomic E-state index is 0.140. The van der Waals surface area contributed by atoms with Crippen LogP contribution in [0.3, 0.4) is 0 Å². The van der Waals surface area contributed by atoms with Crippen molar-refractivity contribution in [1.82, 2.24) is 14.8 Å². The van der Waals surface area contributed by atoms with Crippen molar-refractivity contribution >= 4 is 29.5 Å². The van der Waals surface area contributed by atoms with Crippen LogP contribution in [-0.2, 0) is 0 Å². The highest BCUT2D eigenvalue weighted by Crippen LogP contribution is 2.24. The molecule has 0 aliphatic carbocycles. The number of nitrogens with zero attached hydrogens (tertiary/aromatic N) is 2. The highest BCUT2D eigenvalue weighted by molar-refractivity contribution is 7.71. The number of nitrogen functional groups attached to an aromatic ring is 1. The SMILES string of the molecule is CC(c1cccs1)n1c(N)n[nH]c1=S. The quantitative estimate of drug-likeness (QED) is 0.772. The maximum absolute atomic E-state index is 5.71. The fourth-order valence-corrected chi connectivity index (χ4v) is 2.42. The van der Waals surface area contributed by atoms with Gasteiger partial charge in [0.15, 0.2) is 4.77 Å². The molecule has 1 atom stereocenters. The number of rotatable bonds is 2. The molecular weight excluding hydrogens is 216 g/mol. The van der Waals surface area contributed by atoms with E-state index in [-0.39, 0.29) is 6.04 Å². The van der Waals surface area contributed by atoms with Crippen LogP contribution in [0.4, 0.5) is 5.95 Å². The van der Waals surface area contributed by atoms with Crippen molar-refractivity contribution in [1.29, 1.82) is 0 Å². The number of nitrogens with two attached hydrogens (primary N) is 1. The van der Waals surface area contributed by atoms with Crippen molar-refractivity contribution in [2.24, 2.45) is 0 Å². The second-order valence-corrected chi connectivity index (χ2v) is 4.31. The Balaban J connectivity index is 2.46. The highest BCUT2D eigenvalue weighted by atomic mass is 32.1. The summed E-state index contributed by atoms with van der Waals surface area (Å²) in [5, 5.41) is 8.58. The van der Waals surface area contributed by atoms with Crippen LogP contribution in [-0.4, -0.2) is 14.8 Å². The number of anilines is 1. The lowest BCUT2D eigenvalue weighted by Crippen LogP contribution is -2.09. The third-order valence-corrected chi connectivity index (χ3v) is 3.40. The van der Waals surface area contributed by atoms with Gasteiger partial charge in [0.1, 0.15) is 0 Å². The second kappa shape index (κ2) is 3.55. The fourth-order valence-electron chi connectivity index (χ4n) is 1.35. The lowest BCUT2D eigenvalue weighted by atomic mass is 10.3. The van der Waals surface area contributed by atoms with Gasteiger partial charge >= 0.3 is 0 Å². The van der Waals surface area contributed by atoms with E-state index in [2.05, 4.69) is 16.3 Å². The number of H-pyrrole nitrogens is 1. The molecule has 1 unspecified atom stereocenters. The molecule has 0 aliphatic heterocycles. The van der Waals surface area contributed by atoms with Crippen molar-refractivity contribution in [3.8, 4) is 0 Å². The zero-order chi connectivity index (χ0) is 10.1. The van der Waals surface area contributed by atoms with Crippen LogP contribution < -0.4 is 5.73 Å². The topological polar surface area (TPSA) is 59.6 Å². The Morgan fingerprint density at radius 2 is 2.50 bits per heavy atom. The van der Waals surface area contributed by atoms with E-state index in [0.29, 0.717) is 10.7 Å². The van der Waals surface area contributed by atoms with E-state index >= 15 is 0 Å². The second-order valence-electron chi connectivity index (χ2n) is 2.95. The molecule has 2 aromatic heterocycles. The van der Waals surface area contributed by atoms with Crippen LogP contribution in [0.25, 0.3) is 0 Å². The first-order valence-corrected chi connectivity index (χ1v) is 5.44. The number of hydrogen-bond donors (Lipinski definition) is 2. The van der Waals surface area contributed by atoms with Crippen molar-refractivity contribution in [2.45, 2.75) is 13.0 Å². The average Bonchev–Trinajstić information content (AvgIpc) is 2.75. The molecule has 2 heterocycles. The number of aromatic amines is 1. The third-order valence-electron chi connectivity index (χ3n) is 2.07. The molecule has 0 aliphatic rings. The van der Waals surface area contributed by atoms with E-state index in [1.165, 1.54) is 4.88 Å². The van der Waals surface area contributed by atoms with Gasteiger partial charge in [0.2, 0.25) is 5.95 Å². The zero-order valence-corrected chi connectivity index (χ0v) is 9.23. The van der Waals surface area contributed by atoms with Gasteiger partial charge in [-0.2, -0.15) is 0 Å². The van der Waals surface area contributed by atoms with Crippen molar-refractivity contribution in [3.63, 3.8) is 0 Å². The van der Waals surface area contributed by atoms with Gasteiger partial charge < -0.3 is 5.73 Å². The standard InChI is InChI=1S/C8H10N4S2/c1-5(6-3-2-4-14-6)12-7(9)10-11-8(12)13/h2-5H,1H3,(H2,9,10)(H,11,13). The smallest absolute Gasteiger partial charge is 0.221 e. The molecule has 4 nitrogen and oxygen atoms in total. The molecule has 6 heteroatoms. The fraction of sp³-hybridized carbons (Fsp3) is 0.250. The maximum atomic E-state index is 5.71. The molecule has 0 aromatic carbocycles. The Kier molecular flexibility index (Phi) is 2.39. The number of thiophene rings is 1. The number of hydrogen-bond acceptors (Lipinski definition) is 4. The summed E-state index contributed by atoms with van der Waals surface area (Å²) in [6.07, 6.45) is 0. The van der Waals surface area contributed by atoms with Crippen LogP contribution in [0.15, 0.2) is 17.5 Å². The van der Waals surface area contributed by atoms with Crippen LogP contribution in [0.1, 0.15) is 17.8 Å². The predicted molar refractivity (Wildman–Crippen MR) is 60.0 cm³/mol. The Hall–Kier alpha value is -1.14. The van der Waals surface area contributed by atoms with Gasteiger partial charge in [-0.05, 0) is 30.6 Å². The van der Waals surface area contributed by atoms with Crippen molar-refractivity contribution in [3.05, 3.63) is 27.2 Å². The highest BCUT2D eigenvalue weighted by Gasteiger charge is 2.12. The van der Waals surface area contributed by atoms with E-state index < -0.39 is 0 Å². The molecule has 74 valence electrons. The minimum Gasteiger partial charge on any atom is -0.368 e. The van der Waals surface area contributed by atoms with Crippen LogP contribution in [0, 0.1) is 4.77 Å². The largest absolute Gasteiger partial charge is 0.368 e. The van der Waals surface area contributed by atoms with E-state index in [0.717, 1.165) is 0 Å². The molecule has 0 saturated heterocycles. The lowest BCUT2D eigenvalue weighted by Gasteiger charge is -2.11. The first-order valence-electron chi connectivity index (χ1n) is 4.16. The van der Waals surface area contributed by atoms with Gasteiger partial charge in [-0.1, -0.05) is 6.07 Å². The normalized spacial score (nSPS) is 12.9. The predicted octanol–water partition coefficient (Wildman–Crippen LogP) is 2.19. The number of aromatic nitrogens is 3. The molecule has 14 heavy (non-hydrogen) atoms. The van der Waals surface area contributed by atoms with Gasteiger partial charge in [-0.15, -0.1) is 16.4 Å². The zero-order valence-electron chi connectivity index (χ0n) is 7.60. The maximum Gasteiger partial charge on any atom is 0.221 e. The Labute approximate surface area is 90.4 Å². The first-order chi connectivity index (χ1) is 6.70. The Bertz CT molecular complexity index is 468.